The second kappa shape index (κ2) is 7.12. The molecule has 2 aromatic heterocycles. The molecule has 3 heterocycles. The van der Waals surface area contributed by atoms with E-state index in [-0.39, 0.29) is 18.1 Å². The summed E-state index contributed by atoms with van der Waals surface area (Å²) in [5.74, 6) is -5.14. The lowest BCUT2D eigenvalue weighted by Crippen LogP contribution is -2.41. The Bertz CT molecular complexity index is 929. The molecule has 0 radical (unpaired) electrons. The third-order valence-corrected chi connectivity index (χ3v) is 4.22. The van der Waals surface area contributed by atoms with Crippen LogP contribution in [0.4, 0.5) is 13.6 Å². The van der Waals surface area contributed by atoms with Crippen molar-refractivity contribution in [2.24, 2.45) is 0 Å². The molecular weight excluding hydrogens is 388 g/mol. The molecule has 0 atom stereocenters. The van der Waals surface area contributed by atoms with Crippen LogP contribution < -0.4 is 0 Å². The third kappa shape index (κ3) is 4.08. The average molecular weight is 411 g/mol. The van der Waals surface area contributed by atoms with Crippen LogP contribution >= 0.6 is 0 Å². The first-order valence-electron chi connectivity index (χ1n) is 9.00. The minimum atomic E-state index is -3.79. The summed E-state index contributed by atoms with van der Waals surface area (Å²) in [5.41, 5.74) is -0.618. The largest absolute Gasteiger partial charge is 0.451 e. The number of ether oxygens (including phenoxy) is 1. The fraction of sp³-hybridized carbons (Fsp3) is 0.556. The smallest absolute Gasteiger partial charge is 0.410 e. The fourth-order valence-corrected chi connectivity index (χ4v) is 2.84. The predicted octanol–water partition coefficient (Wildman–Crippen LogP) is 2.47. The fourth-order valence-electron chi connectivity index (χ4n) is 2.84. The van der Waals surface area contributed by atoms with Crippen LogP contribution in [0.25, 0.3) is 11.6 Å². The molecule has 2 amide bonds. The number of likely N-dealkylation sites (N-methyl/N-ethyl adjacent to an activating group) is 1. The molecule has 0 saturated heterocycles. The second-order valence-corrected chi connectivity index (χ2v) is 7.93. The van der Waals surface area contributed by atoms with E-state index in [1.807, 2.05) is 0 Å². The summed E-state index contributed by atoms with van der Waals surface area (Å²) in [5, 5.41) is 8.05. The molecule has 0 bridgehead atoms. The summed E-state index contributed by atoms with van der Waals surface area (Å²) in [6.07, 6.45) is -0.463. The molecule has 2 aromatic rings. The highest BCUT2D eigenvalue weighted by atomic mass is 19.3. The van der Waals surface area contributed by atoms with Gasteiger partial charge in [0.05, 0.1) is 6.54 Å². The van der Waals surface area contributed by atoms with E-state index in [2.05, 4.69) is 10.2 Å². The standard InChI is InChI=1S/C18H23F2N5O4/c1-17(2,3)29-16(27)24-8-9-25-13(10-24)21-22-14(25)11-6-7-12(28-11)18(19,20)15(26)23(4)5/h6-7H,8-10H2,1-5H3. The van der Waals surface area contributed by atoms with Crippen molar-refractivity contribution in [3.63, 3.8) is 0 Å². The van der Waals surface area contributed by atoms with Crippen molar-refractivity contribution in [3.8, 4) is 11.6 Å². The number of amides is 2. The van der Waals surface area contributed by atoms with Crippen molar-refractivity contribution in [3.05, 3.63) is 23.7 Å². The normalized spacial score (nSPS) is 14.5. The van der Waals surface area contributed by atoms with E-state index in [0.29, 0.717) is 18.9 Å². The molecule has 0 saturated carbocycles. The maximum absolute atomic E-state index is 14.3. The second-order valence-electron chi connectivity index (χ2n) is 7.93. The number of rotatable bonds is 3. The molecule has 11 heteroatoms. The number of hydrogen-bond acceptors (Lipinski definition) is 6. The lowest BCUT2D eigenvalue weighted by atomic mass is 10.2. The van der Waals surface area contributed by atoms with E-state index in [4.69, 9.17) is 9.15 Å². The van der Waals surface area contributed by atoms with Crippen molar-refractivity contribution >= 4 is 12.0 Å². The first kappa shape index (κ1) is 20.7. The number of carbonyl (C=O) groups excluding carboxylic acids is 2. The number of carbonyl (C=O) groups is 2. The molecule has 1 aliphatic heterocycles. The molecule has 0 fully saturated rings. The van der Waals surface area contributed by atoms with Crippen LogP contribution in [-0.2, 0) is 28.5 Å². The highest BCUT2D eigenvalue weighted by Crippen LogP contribution is 2.34. The Morgan fingerprint density at radius 1 is 1.17 bits per heavy atom. The van der Waals surface area contributed by atoms with Crippen LogP contribution in [0.3, 0.4) is 0 Å². The van der Waals surface area contributed by atoms with Gasteiger partial charge in [0, 0.05) is 27.2 Å². The van der Waals surface area contributed by atoms with E-state index < -0.39 is 29.3 Å². The SMILES string of the molecule is CN(C)C(=O)C(F)(F)c1ccc(-c2nnc3n2CCN(C(=O)OC(C)(C)C)C3)o1. The Balaban J connectivity index is 1.80. The molecular formula is C18H23F2N5O4. The van der Waals surface area contributed by atoms with Crippen LogP contribution in [0, 0.1) is 0 Å². The zero-order chi connectivity index (χ0) is 21.6. The number of alkyl halides is 2. The van der Waals surface area contributed by atoms with Gasteiger partial charge in [-0.2, -0.15) is 8.78 Å². The Morgan fingerprint density at radius 2 is 1.86 bits per heavy atom. The summed E-state index contributed by atoms with van der Waals surface area (Å²) in [7, 11) is 2.48. The molecule has 29 heavy (non-hydrogen) atoms. The van der Waals surface area contributed by atoms with E-state index >= 15 is 0 Å². The molecule has 9 nitrogen and oxygen atoms in total. The topological polar surface area (TPSA) is 93.7 Å². The average Bonchev–Trinajstić information content (AvgIpc) is 3.25. The third-order valence-electron chi connectivity index (χ3n) is 4.22. The van der Waals surface area contributed by atoms with Crippen LogP contribution in [0.1, 0.15) is 32.4 Å². The molecule has 0 unspecified atom stereocenters. The van der Waals surface area contributed by atoms with Crippen LogP contribution in [0.5, 0.6) is 0 Å². The van der Waals surface area contributed by atoms with Gasteiger partial charge < -0.3 is 18.6 Å². The van der Waals surface area contributed by atoms with Gasteiger partial charge >= 0.3 is 17.9 Å². The van der Waals surface area contributed by atoms with Crippen molar-refractivity contribution in [1.29, 1.82) is 0 Å². The van der Waals surface area contributed by atoms with Gasteiger partial charge in [-0.25, -0.2) is 4.79 Å². The van der Waals surface area contributed by atoms with E-state index in [1.165, 1.54) is 25.1 Å². The van der Waals surface area contributed by atoms with Gasteiger partial charge in [0.15, 0.2) is 23.2 Å². The molecule has 1 aliphatic rings. The van der Waals surface area contributed by atoms with E-state index in [1.54, 1.807) is 25.3 Å². The Labute approximate surface area is 166 Å². The van der Waals surface area contributed by atoms with Crippen molar-refractivity contribution in [2.45, 2.75) is 45.4 Å². The van der Waals surface area contributed by atoms with Gasteiger partial charge in [-0.05, 0) is 32.9 Å². The van der Waals surface area contributed by atoms with Crippen LogP contribution in [0.15, 0.2) is 16.5 Å². The first-order valence-corrected chi connectivity index (χ1v) is 9.00. The van der Waals surface area contributed by atoms with E-state index in [0.717, 1.165) is 11.0 Å². The summed E-state index contributed by atoms with van der Waals surface area (Å²) < 4.78 is 40.9. The maximum atomic E-state index is 14.3. The van der Waals surface area contributed by atoms with Gasteiger partial charge in [0.2, 0.25) is 0 Å². The number of hydrogen-bond donors (Lipinski definition) is 0. The van der Waals surface area contributed by atoms with E-state index in [9.17, 15) is 18.4 Å². The van der Waals surface area contributed by atoms with Gasteiger partial charge in [0.1, 0.15) is 5.60 Å². The molecule has 0 aromatic carbocycles. The van der Waals surface area contributed by atoms with Crippen molar-refractivity contribution < 1.29 is 27.5 Å². The van der Waals surface area contributed by atoms with Crippen molar-refractivity contribution in [1.82, 2.24) is 24.6 Å². The number of furan rings is 1. The quantitative estimate of drug-likeness (QED) is 0.770. The Morgan fingerprint density at radius 3 is 2.48 bits per heavy atom. The minimum absolute atomic E-state index is 0.0655. The maximum Gasteiger partial charge on any atom is 0.410 e. The molecule has 0 spiro atoms. The lowest BCUT2D eigenvalue weighted by Gasteiger charge is -2.30. The van der Waals surface area contributed by atoms with Crippen LogP contribution in [-0.4, -0.2) is 62.8 Å². The number of fused-ring (bicyclic) bond motifs is 1. The Hall–Kier alpha value is -2.98. The summed E-state index contributed by atoms with van der Waals surface area (Å²) >= 11 is 0. The Kier molecular flexibility index (Phi) is 5.10. The number of halogens is 2. The number of aromatic nitrogens is 3. The van der Waals surface area contributed by atoms with Gasteiger partial charge in [-0.3, -0.25) is 9.69 Å². The predicted molar refractivity (Wildman–Crippen MR) is 97.0 cm³/mol. The molecule has 3 rings (SSSR count). The van der Waals surface area contributed by atoms with Crippen molar-refractivity contribution in [2.75, 3.05) is 20.6 Å². The zero-order valence-corrected chi connectivity index (χ0v) is 16.9. The number of nitrogens with zero attached hydrogens (tertiary/aromatic N) is 5. The molecule has 0 N–H and O–H groups in total. The van der Waals surface area contributed by atoms with Crippen LogP contribution in [0.2, 0.25) is 0 Å². The first-order chi connectivity index (χ1) is 13.4. The minimum Gasteiger partial charge on any atom is -0.451 e. The van der Waals surface area contributed by atoms with Gasteiger partial charge in [-0.15, -0.1) is 10.2 Å². The zero-order valence-electron chi connectivity index (χ0n) is 16.9. The summed E-state index contributed by atoms with van der Waals surface area (Å²) in [6, 6.07) is 2.37. The highest BCUT2D eigenvalue weighted by Gasteiger charge is 2.45. The lowest BCUT2D eigenvalue weighted by molar-refractivity contribution is -0.158. The monoisotopic (exact) mass is 411 g/mol. The van der Waals surface area contributed by atoms with Gasteiger partial charge in [-0.1, -0.05) is 0 Å². The molecule has 158 valence electrons. The highest BCUT2D eigenvalue weighted by molar-refractivity contribution is 5.83. The van der Waals surface area contributed by atoms with Gasteiger partial charge in [0.25, 0.3) is 0 Å². The summed E-state index contributed by atoms with van der Waals surface area (Å²) in [6.45, 7) is 6.20. The molecule has 0 aliphatic carbocycles. The summed E-state index contributed by atoms with van der Waals surface area (Å²) in [4.78, 5) is 26.3.